The molecule has 0 saturated heterocycles. The van der Waals surface area contributed by atoms with E-state index in [1.165, 1.54) is 5.56 Å². The van der Waals surface area contributed by atoms with E-state index in [0.717, 1.165) is 46.8 Å². The number of nitrogens with zero attached hydrogens (tertiary/aromatic N) is 3. The van der Waals surface area contributed by atoms with Crippen LogP contribution in [0.1, 0.15) is 17.0 Å². The van der Waals surface area contributed by atoms with Crippen LogP contribution in [0.5, 0.6) is 5.75 Å². The maximum atomic E-state index is 5.23. The number of aromatic nitrogens is 3. The van der Waals surface area contributed by atoms with Crippen molar-refractivity contribution in [3.8, 4) is 16.9 Å². The Labute approximate surface area is 153 Å². The van der Waals surface area contributed by atoms with Crippen LogP contribution in [0.2, 0.25) is 0 Å². The predicted molar refractivity (Wildman–Crippen MR) is 104 cm³/mol. The summed E-state index contributed by atoms with van der Waals surface area (Å²) in [4.78, 5) is 4.60. The molecule has 0 radical (unpaired) electrons. The summed E-state index contributed by atoms with van der Waals surface area (Å²) in [5, 5.41) is 4.76. The first-order valence-corrected chi connectivity index (χ1v) is 8.78. The van der Waals surface area contributed by atoms with Crippen molar-refractivity contribution in [2.24, 2.45) is 0 Å². The topological polar surface area (TPSA) is 39.4 Å². The molecule has 0 bridgehead atoms. The van der Waals surface area contributed by atoms with Gasteiger partial charge in [-0.25, -0.2) is 9.50 Å². The van der Waals surface area contributed by atoms with E-state index in [0.29, 0.717) is 0 Å². The van der Waals surface area contributed by atoms with Gasteiger partial charge >= 0.3 is 0 Å². The molecule has 26 heavy (non-hydrogen) atoms. The third-order valence-electron chi connectivity index (χ3n) is 4.66. The molecule has 2 aromatic carbocycles. The largest absolute Gasteiger partial charge is 0.497 e. The Kier molecular flexibility index (Phi) is 4.40. The molecule has 0 amide bonds. The molecule has 4 heteroatoms. The van der Waals surface area contributed by atoms with Gasteiger partial charge in [0.15, 0.2) is 5.65 Å². The van der Waals surface area contributed by atoms with E-state index in [2.05, 4.69) is 35.3 Å². The number of aryl methyl sites for hydroxylation is 3. The standard InChI is InChI=1S/C22H21N3O/c1-16-21(18-6-4-3-5-7-18)22-23-15-14-19(25(22)24-16)11-8-17-9-12-20(26-2)13-10-17/h3-7,9-10,12-15H,8,11H2,1-2H3. The molecule has 4 rings (SSSR count). The Morgan fingerprint density at radius 3 is 2.42 bits per heavy atom. The van der Waals surface area contributed by atoms with Crippen molar-refractivity contribution in [1.82, 2.24) is 14.6 Å². The zero-order chi connectivity index (χ0) is 17.9. The summed E-state index contributed by atoms with van der Waals surface area (Å²) in [6, 6.07) is 20.6. The first-order chi connectivity index (χ1) is 12.8. The summed E-state index contributed by atoms with van der Waals surface area (Å²) in [6.45, 7) is 2.05. The molecule has 2 heterocycles. The van der Waals surface area contributed by atoms with Crippen molar-refractivity contribution in [1.29, 1.82) is 0 Å². The van der Waals surface area contributed by atoms with Crippen LogP contribution in [-0.4, -0.2) is 21.7 Å². The molecule has 0 saturated carbocycles. The second-order valence-corrected chi connectivity index (χ2v) is 6.35. The van der Waals surface area contributed by atoms with Crippen LogP contribution >= 0.6 is 0 Å². The molecule has 0 unspecified atom stereocenters. The highest BCUT2D eigenvalue weighted by Crippen LogP contribution is 2.27. The van der Waals surface area contributed by atoms with Crippen LogP contribution < -0.4 is 4.74 Å². The van der Waals surface area contributed by atoms with Gasteiger partial charge in [-0.3, -0.25) is 0 Å². The molecule has 0 spiro atoms. The van der Waals surface area contributed by atoms with E-state index in [-0.39, 0.29) is 0 Å². The fourth-order valence-corrected chi connectivity index (χ4v) is 3.30. The average molecular weight is 343 g/mol. The van der Waals surface area contributed by atoms with Crippen molar-refractivity contribution >= 4 is 5.65 Å². The lowest BCUT2D eigenvalue weighted by molar-refractivity contribution is 0.414. The molecule has 0 aliphatic carbocycles. The average Bonchev–Trinajstić information content (AvgIpc) is 3.04. The van der Waals surface area contributed by atoms with Gasteiger partial charge in [-0.05, 0) is 49.1 Å². The Hall–Kier alpha value is -3.14. The predicted octanol–water partition coefficient (Wildman–Crippen LogP) is 4.50. The zero-order valence-electron chi connectivity index (χ0n) is 15.0. The molecule has 0 aliphatic heterocycles. The van der Waals surface area contributed by atoms with E-state index in [9.17, 15) is 0 Å². The molecule has 2 aromatic heterocycles. The molecular weight excluding hydrogens is 322 g/mol. The normalized spacial score (nSPS) is 11.0. The van der Waals surface area contributed by atoms with Crippen LogP contribution in [0.3, 0.4) is 0 Å². The summed E-state index contributed by atoms with van der Waals surface area (Å²) in [5.41, 5.74) is 6.62. The Bertz CT molecular complexity index is 1020. The minimum atomic E-state index is 0.884. The van der Waals surface area contributed by atoms with Crippen molar-refractivity contribution in [3.63, 3.8) is 0 Å². The minimum Gasteiger partial charge on any atom is -0.497 e. The summed E-state index contributed by atoms with van der Waals surface area (Å²) in [5.74, 6) is 0.884. The highest BCUT2D eigenvalue weighted by atomic mass is 16.5. The molecule has 0 atom stereocenters. The Morgan fingerprint density at radius 1 is 0.923 bits per heavy atom. The van der Waals surface area contributed by atoms with E-state index in [1.54, 1.807) is 7.11 Å². The molecule has 4 aromatic rings. The van der Waals surface area contributed by atoms with Gasteiger partial charge in [0.1, 0.15) is 5.75 Å². The highest BCUT2D eigenvalue weighted by molar-refractivity contribution is 5.79. The number of ether oxygens (including phenoxy) is 1. The van der Waals surface area contributed by atoms with Crippen LogP contribution in [-0.2, 0) is 12.8 Å². The quantitative estimate of drug-likeness (QED) is 0.536. The highest BCUT2D eigenvalue weighted by Gasteiger charge is 2.14. The Balaban J connectivity index is 1.66. The van der Waals surface area contributed by atoms with Gasteiger partial charge in [0.05, 0.1) is 12.8 Å². The first kappa shape index (κ1) is 16.3. The molecule has 0 fully saturated rings. The van der Waals surface area contributed by atoms with Gasteiger partial charge in [0.2, 0.25) is 0 Å². The summed E-state index contributed by atoms with van der Waals surface area (Å²) < 4.78 is 7.21. The molecule has 0 N–H and O–H groups in total. The van der Waals surface area contributed by atoms with Crippen molar-refractivity contribution < 1.29 is 4.74 Å². The third kappa shape index (κ3) is 3.06. The van der Waals surface area contributed by atoms with Gasteiger partial charge in [0.25, 0.3) is 0 Å². The number of rotatable bonds is 5. The van der Waals surface area contributed by atoms with Crippen LogP contribution in [0, 0.1) is 6.92 Å². The van der Waals surface area contributed by atoms with E-state index < -0.39 is 0 Å². The molecule has 0 aliphatic rings. The summed E-state index contributed by atoms with van der Waals surface area (Å²) in [6.07, 6.45) is 3.73. The lowest BCUT2D eigenvalue weighted by atomic mass is 10.1. The maximum absolute atomic E-state index is 5.23. The van der Waals surface area contributed by atoms with Crippen molar-refractivity contribution in [3.05, 3.63) is 83.8 Å². The fourth-order valence-electron chi connectivity index (χ4n) is 3.30. The molecule has 130 valence electrons. The van der Waals surface area contributed by atoms with Gasteiger partial charge < -0.3 is 4.74 Å². The molecular formula is C22H21N3O. The van der Waals surface area contributed by atoms with E-state index in [4.69, 9.17) is 9.84 Å². The van der Waals surface area contributed by atoms with Crippen molar-refractivity contribution in [2.75, 3.05) is 7.11 Å². The van der Waals surface area contributed by atoms with Gasteiger partial charge in [-0.15, -0.1) is 0 Å². The number of benzene rings is 2. The lowest BCUT2D eigenvalue weighted by Gasteiger charge is -2.06. The summed E-state index contributed by atoms with van der Waals surface area (Å²) in [7, 11) is 1.69. The number of hydrogen-bond acceptors (Lipinski definition) is 3. The number of fused-ring (bicyclic) bond motifs is 1. The van der Waals surface area contributed by atoms with Gasteiger partial charge in [-0.1, -0.05) is 42.5 Å². The van der Waals surface area contributed by atoms with Crippen molar-refractivity contribution in [2.45, 2.75) is 19.8 Å². The summed E-state index contributed by atoms with van der Waals surface area (Å²) >= 11 is 0. The first-order valence-electron chi connectivity index (χ1n) is 8.78. The van der Waals surface area contributed by atoms with Crippen LogP contribution in [0.25, 0.3) is 16.8 Å². The van der Waals surface area contributed by atoms with E-state index in [1.807, 2.05) is 48.0 Å². The second kappa shape index (κ2) is 7.00. The maximum Gasteiger partial charge on any atom is 0.163 e. The minimum absolute atomic E-state index is 0.884. The number of methoxy groups -OCH3 is 1. The SMILES string of the molecule is COc1ccc(CCc2ccnc3c(-c4ccccc4)c(C)nn23)cc1. The van der Waals surface area contributed by atoms with Gasteiger partial charge in [0, 0.05) is 17.5 Å². The zero-order valence-corrected chi connectivity index (χ0v) is 15.0. The monoisotopic (exact) mass is 343 g/mol. The smallest absolute Gasteiger partial charge is 0.163 e. The lowest BCUT2D eigenvalue weighted by Crippen LogP contribution is -2.02. The van der Waals surface area contributed by atoms with Gasteiger partial charge in [-0.2, -0.15) is 5.10 Å². The van der Waals surface area contributed by atoms with E-state index >= 15 is 0 Å². The Morgan fingerprint density at radius 2 is 1.69 bits per heavy atom. The third-order valence-corrected chi connectivity index (χ3v) is 4.66. The van der Waals surface area contributed by atoms with Crippen LogP contribution in [0.4, 0.5) is 0 Å². The second-order valence-electron chi connectivity index (χ2n) is 6.35. The molecule has 4 nitrogen and oxygen atoms in total. The van der Waals surface area contributed by atoms with Crippen LogP contribution in [0.15, 0.2) is 66.9 Å². The fraction of sp³-hybridized carbons (Fsp3) is 0.182. The number of hydrogen-bond donors (Lipinski definition) is 0.